The van der Waals surface area contributed by atoms with E-state index >= 15 is 0 Å². The average molecular weight is 267 g/mol. The molecule has 0 spiro atoms. The molecule has 1 saturated carbocycles. The van der Waals surface area contributed by atoms with Gasteiger partial charge in [-0.2, -0.15) is 4.98 Å². The van der Waals surface area contributed by atoms with Gasteiger partial charge in [0, 0.05) is 25.7 Å². The van der Waals surface area contributed by atoms with Crippen LogP contribution in [-0.4, -0.2) is 41.8 Å². The van der Waals surface area contributed by atoms with Gasteiger partial charge in [0.15, 0.2) is 0 Å². The van der Waals surface area contributed by atoms with Gasteiger partial charge in [0.2, 0.25) is 11.7 Å². The second kappa shape index (κ2) is 5.40. The first kappa shape index (κ1) is 13.5. The zero-order valence-corrected chi connectivity index (χ0v) is 10.9. The maximum atomic E-state index is 11.0. The molecule has 1 aromatic heterocycles. The molecule has 19 heavy (non-hydrogen) atoms. The Balaban J connectivity index is 2.17. The summed E-state index contributed by atoms with van der Waals surface area (Å²) in [7, 11) is 3.24. The van der Waals surface area contributed by atoms with E-state index in [4.69, 9.17) is 4.74 Å². The van der Waals surface area contributed by atoms with Crippen molar-refractivity contribution in [3.8, 4) is 5.88 Å². The molecule has 1 N–H and O–H groups in total. The Morgan fingerprint density at radius 1 is 1.58 bits per heavy atom. The van der Waals surface area contributed by atoms with Crippen LogP contribution in [0.1, 0.15) is 12.8 Å². The van der Waals surface area contributed by atoms with E-state index in [2.05, 4.69) is 4.98 Å². The largest absolute Gasteiger partial charge is 0.481 e. The predicted octanol–water partition coefficient (Wildman–Crippen LogP) is 1.21. The van der Waals surface area contributed by atoms with Crippen molar-refractivity contribution in [1.29, 1.82) is 0 Å². The monoisotopic (exact) mass is 267 g/mol. The molecule has 0 radical (unpaired) electrons. The number of aromatic nitrogens is 1. The van der Waals surface area contributed by atoms with Crippen LogP contribution in [-0.2, 0) is 0 Å². The van der Waals surface area contributed by atoms with Crippen molar-refractivity contribution < 1.29 is 14.8 Å². The molecule has 7 nitrogen and oxygen atoms in total. The number of aliphatic hydroxyl groups is 1. The molecule has 0 aromatic carbocycles. The second-order valence-corrected chi connectivity index (χ2v) is 4.83. The highest BCUT2D eigenvalue weighted by Crippen LogP contribution is 2.32. The molecule has 1 heterocycles. The van der Waals surface area contributed by atoms with Gasteiger partial charge >= 0.3 is 5.69 Å². The molecule has 0 amide bonds. The number of methoxy groups -OCH3 is 1. The van der Waals surface area contributed by atoms with Crippen molar-refractivity contribution in [3.63, 3.8) is 0 Å². The predicted molar refractivity (Wildman–Crippen MR) is 69.4 cm³/mol. The van der Waals surface area contributed by atoms with E-state index in [-0.39, 0.29) is 11.8 Å². The molecule has 0 atom stereocenters. The number of rotatable bonds is 5. The minimum absolute atomic E-state index is 0.0387. The topological polar surface area (TPSA) is 88.7 Å². The Bertz CT molecular complexity index is 474. The van der Waals surface area contributed by atoms with E-state index in [1.165, 1.54) is 19.2 Å². The molecule has 0 saturated heterocycles. The van der Waals surface area contributed by atoms with Gasteiger partial charge < -0.3 is 14.7 Å². The van der Waals surface area contributed by atoms with Crippen LogP contribution in [0.4, 0.5) is 11.5 Å². The zero-order valence-electron chi connectivity index (χ0n) is 10.9. The highest BCUT2D eigenvalue weighted by molar-refractivity contribution is 5.58. The summed E-state index contributed by atoms with van der Waals surface area (Å²) in [6, 6.07) is 2.87. The number of anilines is 1. The Morgan fingerprint density at radius 3 is 2.79 bits per heavy atom. The van der Waals surface area contributed by atoms with Gasteiger partial charge in [0.25, 0.3) is 0 Å². The van der Waals surface area contributed by atoms with Gasteiger partial charge in [-0.1, -0.05) is 0 Å². The molecule has 0 aliphatic heterocycles. The van der Waals surface area contributed by atoms with Crippen molar-refractivity contribution in [2.24, 2.45) is 5.92 Å². The lowest BCUT2D eigenvalue weighted by molar-refractivity contribution is -0.384. The Kier molecular flexibility index (Phi) is 3.84. The summed E-state index contributed by atoms with van der Waals surface area (Å²) in [5, 5.41) is 20.3. The smallest absolute Gasteiger partial charge is 0.311 e. The van der Waals surface area contributed by atoms with Crippen LogP contribution in [0.2, 0.25) is 0 Å². The number of nitro groups is 1. The maximum Gasteiger partial charge on any atom is 0.311 e. The summed E-state index contributed by atoms with van der Waals surface area (Å²) in [5.74, 6) is 0.999. The summed E-state index contributed by atoms with van der Waals surface area (Å²) in [6.45, 7) is 0.637. The third-order valence-corrected chi connectivity index (χ3v) is 3.34. The minimum atomic E-state index is -0.451. The Hall–Kier alpha value is -1.89. The lowest BCUT2D eigenvalue weighted by Gasteiger charge is -2.34. The lowest BCUT2D eigenvalue weighted by Crippen LogP contribution is -2.37. The molecule has 104 valence electrons. The molecule has 2 rings (SSSR count). The lowest BCUT2D eigenvalue weighted by atomic mass is 9.82. The Morgan fingerprint density at radius 2 is 2.26 bits per heavy atom. The fourth-order valence-corrected chi connectivity index (χ4v) is 2.28. The molecule has 7 heteroatoms. The first-order valence-electron chi connectivity index (χ1n) is 6.10. The standard InChI is InChI=1S/C12H17N3O4/c1-14(7-8-5-9(16)6-8)12-10(15(17)18)3-4-11(13-12)19-2/h3-4,8-9,16H,5-7H2,1-2H3. The quantitative estimate of drug-likeness (QED) is 0.637. The number of ether oxygens (including phenoxy) is 1. The van der Waals surface area contributed by atoms with Crippen molar-refractivity contribution in [2.45, 2.75) is 18.9 Å². The highest BCUT2D eigenvalue weighted by atomic mass is 16.6. The van der Waals surface area contributed by atoms with Gasteiger partial charge in [0.1, 0.15) is 0 Å². The maximum absolute atomic E-state index is 11.0. The molecular weight excluding hydrogens is 250 g/mol. The number of pyridine rings is 1. The molecular formula is C12H17N3O4. The summed E-state index contributed by atoms with van der Waals surface area (Å²) in [4.78, 5) is 16.4. The summed E-state index contributed by atoms with van der Waals surface area (Å²) in [5.41, 5.74) is -0.0387. The number of hydrogen-bond donors (Lipinski definition) is 1. The van der Waals surface area contributed by atoms with Crippen molar-refractivity contribution in [3.05, 3.63) is 22.2 Å². The van der Waals surface area contributed by atoms with Gasteiger partial charge in [-0.05, 0) is 18.8 Å². The molecule has 1 aliphatic carbocycles. The van der Waals surface area contributed by atoms with Crippen molar-refractivity contribution in [2.75, 3.05) is 25.6 Å². The first-order valence-corrected chi connectivity index (χ1v) is 6.10. The average Bonchev–Trinajstić information content (AvgIpc) is 2.35. The summed E-state index contributed by atoms with van der Waals surface area (Å²) >= 11 is 0. The number of aliphatic hydroxyl groups excluding tert-OH is 1. The van der Waals surface area contributed by atoms with Gasteiger partial charge in [-0.3, -0.25) is 10.1 Å². The van der Waals surface area contributed by atoms with Crippen molar-refractivity contribution in [1.82, 2.24) is 4.98 Å². The number of hydrogen-bond acceptors (Lipinski definition) is 6. The zero-order chi connectivity index (χ0) is 14.0. The normalized spacial score (nSPS) is 21.6. The Labute approximate surface area is 111 Å². The third kappa shape index (κ3) is 2.93. The van der Waals surface area contributed by atoms with E-state index in [9.17, 15) is 15.2 Å². The van der Waals surface area contributed by atoms with Crippen molar-refractivity contribution >= 4 is 11.5 Å². The third-order valence-electron chi connectivity index (χ3n) is 3.34. The SMILES string of the molecule is COc1ccc([N+](=O)[O-])c(N(C)CC2CC(O)C2)n1. The van der Waals surface area contributed by atoms with Crippen LogP contribution in [0, 0.1) is 16.0 Å². The minimum Gasteiger partial charge on any atom is -0.481 e. The van der Waals surface area contributed by atoms with Crippen LogP contribution >= 0.6 is 0 Å². The first-order chi connectivity index (χ1) is 9.01. The highest BCUT2D eigenvalue weighted by Gasteiger charge is 2.30. The van der Waals surface area contributed by atoms with Crippen LogP contribution < -0.4 is 9.64 Å². The van der Waals surface area contributed by atoms with E-state index in [1.807, 2.05) is 0 Å². The van der Waals surface area contributed by atoms with Gasteiger partial charge in [-0.25, -0.2) is 0 Å². The summed E-state index contributed by atoms with van der Waals surface area (Å²) < 4.78 is 5.00. The van der Waals surface area contributed by atoms with Crippen LogP contribution in [0.25, 0.3) is 0 Å². The van der Waals surface area contributed by atoms with Gasteiger partial charge in [0.05, 0.1) is 18.1 Å². The van der Waals surface area contributed by atoms with E-state index in [0.717, 1.165) is 12.8 Å². The molecule has 1 aromatic rings. The fraction of sp³-hybridized carbons (Fsp3) is 0.583. The molecule has 0 bridgehead atoms. The van der Waals surface area contributed by atoms with E-state index in [1.54, 1.807) is 11.9 Å². The van der Waals surface area contributed by atoms with Gasteiger partial charge in [-0.15, -0.1) is 0 Å². The molecule has 1 fully saturated rings. The number of nitrogens with zero attached hydrogens (tertiary/aromatic N) is 3. The van der Waals surface area contributed by atoms with Crippen LogP contribution in [0.5, 0.6) is 5.88 Å². The fourth-order valence-electron chi connectivity index (χ4n) is 2.28. The van der Waals surface area contributed by atoms with Crippen LogP contribution in [0.15, 0.2) is 12.1 Å². The van der Waals surface area contributed by atoms with Crippen LogP contribution in [0.3, 0.4) is 0 Å². The molecule has 1 aliphatic rings. The second-order valence-electron chi connectivity index (χ2n) is 4.83. The summed E-state index contributed by atoms with van der Waals surface area (Å²) in [6.07, 6.45) is 1.25. The molecule has 0 unspecified atom stereocenters. The van der Waals surface area contributed by atoms with E-state index in [0.29, 0.717) is 24.2 Å². The van der Waals surface area contributed by atoms with E-state index < -0.39 is 4.92 Å².